The maximum atomic E-state index is 11.7. The molecule has 0 spiro atoms. The van der Waals surface area contributed by atoms with E-state index in [1.165, 1.54) is 15.9 Å². The highest BCUT2D eigenvalue weighted by atomic mass is 32.1. The van der Waals surface area contributed by atoms with Crippen LogP contribution in [0.1, 0.15) is 0 Å². The largest absolute Gasteiger partial charge is 0.375 e. The summed E-state index contributed by atoms with van der Waals surface area (Å²) in [7, 11) is 1.71. The number of aromatic nitrogens is 2. The summed E-state index contributed by atoms with van der Waals surface area (Å²) in [6, 6.07) is 3.56. The molecule has 0 atom stereocenters. The van der Waals surface area contributed by atoms with Gasteiger partial charge in [0.15, 0.2) is 5.13 Å². The lowest BCUT2D eigenvalue weighted by Gasteiger charge is -1.98. The molecule has 0 radical (unpaired) electrons. The summed E-state index contributed by atoms with van der Waals surface area (Å²) in [4.78, 5) is 15.7. The van der Waals surface area contributed by atoms with Crippen LogP contribution in [-0.2, 0) is 7.05 Å². The third kappa shape index (κ3) is 1.42. The maximum Gasteiger partial charge on any atom is 0.259 e. The lowest BCUT2D eigenvalue weighted by molar-refractivity contribution is 0.862. The molecule has 0 unspecified atom stereocenters. The number of aryl methyl sites for hydroxylation is 1. The van der Waals surface area contributed by atoms with Gasteiger partial charge in [0.25, 0.3) is 5.56 Å². The summed E-state index contributed by atoms with van der Waals surface area (Å²) in [6.45, 7) is 0. The molecule has 5 heteroatoms. The van der Waals surface area contributed by atoms with Gasteiger partial charge in [0, 0.05) is 18.6 Å². The quantitative estimate of drug-likeness (QED) is 0.761. The van der Waals surface area contributed by atoms with Gasteiger partial charge in [-0.1, -0.05) is 0 Å². The standard InChI is InChI=1S/C9H9N3OS/c1-12-4-2-3-6(8(12)13)7-5-14-9(10)11-7/h2-5H,1H3,(H2,10,11). The predicted molar refractivity (Wildman–Crippen MR) is 57.2 cm³/mol. The molecule has 0 saturated heterocycles. The lowest BCUT2D eigenvalue weighted by Crippen LogP contribution is -2.17. The van der Waals surface area contributed by atoms with Crippen molar-refractivity contribution in [2.24, 2.45) is 7.05 Å². The number of thiazole rings is 1. The Morgan fingerprint density at radius 3 is 3.00 bits per heavy atom. The van der Waals surface area contributed by atoms with Crippen LogP contribution in [0.25, 0.3) is 11.3 Å². The zero-order valence-electron chi connectivity index (χ0n) is 7.60. The average molecular weight is 207 g/mol. The van der Waals surface area contributed by atoms with Crippen molar-refractivity contribution >= 4 is 16.5 Å². The smallest absolute Gasteiger partial charge is 0.259 e. The third-order valence-corrected chi connectivity index (χ3v) is 2.60. The van der Waals surface area contributed by atoms with Crippen LogP contribution in [0.4, 0.5) is 5.13 Å². The molecule has 2 heterocycles. The topological polar surface area (TPSA) is 60.9 Å². The molecule has 0 aromatic carbocycles. The zero-order valence-corrected chi connectivity index (χ0v) is 8.41. The van der Waals surface area contributed by atoms with Crippen LogP contribution in [0.15, 0.2) is 28.5 Å². The Balaban J connectivity index is 2.63. The molecular weight excluding hydrogens is 198 g/mol. The fraction of sp³-hybridized carbons (Fsp3) is 0.111. The number of anilines is 1. The summed E-state index contributed by atoms with van der Waals surface area (Å²) < 4.78 is 1.52. The van der Waals surface area contributed by atoms with Crippen LogP contribution >= 0.6 is 11.3 Å². The van der Waals surface area contributed by atoms with Crippen molar-refractivity contribution < 1.29 is 0 Å². The van der Waals surface area contributed by atoms with E-state index >= 15 is 0 Å². The summed E-state index contributed by atoms with van der Waals surface area (Å²) in [5.41, 5.74) is 6.68. The van der Waals surface area contributed by atoms with Gasteiger partial charge < -0.3 is 10.3 Å². The van der Waals surface area contributed by atoms with E-state index in [-0.39, 0.29) is 5.56 Å². The highest BCUT2D eigenvalue weighted by Gasteiger charge is 2.06. The second-order valence-electron chi connectivity index (χ2n) is 2.91. The first-order chi connectivity index (χ1) is 6.68. The number of hydrogen-bond acceptors (Lipinski definition) is 4. The van der Waals surface area contributed by atoms with E-state index in [2.05, 4.69) is 4.98 Å². The summed E-state index contributed by atoms with van der Waals surface area (Å²) in [6.07, 6.45) is 1.71. The van der Waals surface area contributed by atoms with Gasteiger partial charge in [-0.2, -0.15) is 0 Å². The van der Waals surface area contributed by atoms with Gasteiger partial charge in [-0.05, 0) is 12.1 Å². The van der Waals surface area contributed by atoms with E-state index in [1.54, 1.807) is 24.7 Å². The highest BCUT2D eigenvalue weighted by molar-refractivity contribution is 7.13. The maximum absolute atomic E-state index is 11.7. The van der Waals surface area contributed by atoms with E-state index < -0.39 is 0 Å². The fourth-order valence-electron chi connectivity index (χ4n) is 1.20. The van der Waals surface area contributed by atoms with E-state index in [4.69, 9.17) is 5.73 Å². The first-order valence-corrected chi connectivity index (χ1v) is 4.93. The molecular formula is C9H9N3OS. The van der Waals surface area contributed by atoms with E-state index in [9.17, 15) is 4.79 Å². The van der Waals surface area contributed by atoms with E-state index in [0.717, 1.165) is 0 Å². The molecule has 0 aliphatic heterocycles. The van der Waals surface area contributed by atoms with Crippen molar-refractivity contribution in [2.45, 2.75) is 0 Å². The Labute approximate surface area is 84.6 Å². The summed E-state index contributed by atoms with van der Waals surface area (Å²) in [5, 5.41) is 2.26. The summed E-state index contributed by atoms with van der Waals surface area (Å²) >= 11 is 1.33. The van der Waals surface area contributed by atoms with Gasteiger partial charge in [0.05, 0.1) is 11.3 Å². The molecule has 0 saturated carbocycles. The minimum atomic E-state index is -0.0576. The molecule has 14 heavy (non-hydrogen) atoms. The normalized spacial score (nSPS) is 10.4. The molecule has 0 amide bonds. The molecule has 72 valence electrons. The SMILES string of the molecule is Cn1cccc(-c2csc(N)n2)c1=O. The molecule has 4 nitrogen and oxygen atoms in total. The number of nitrogen functional groups attached to an aromatic ring is 1. The van der Waals surface area contributed by atoms with Crippen LogP contribution in [0.5, 0.6) is 0 Å². The van der Waals surface area contributed by atoms with Gasteiger partial charge in [0.2, 0.25) is 0 Å². The minimum Gasteiger partial charge on any atom is -0.375 e. The second-order valence-corrected chi connectivity index (χ2v) is 3.80. The molecule has 2 aromatic rings. The van der Waals surface area contributed by atoms with Gasteiger partial charge in [-0.3, -0.25) is 4.79 Å². The van der Waals surface area contributed by atoms with Crippen LogP contribution in [0.2, 0.25) is 0 Å². The van der Waals surface area contributed by atoms with Gasteiger partial charge in [-0.15, -0.1) is 11.3 Å². The Morgan fingerprint density at radius 2 is 2.36 bits per heavy atom. The number of hydrogen-bond donors (Lipinski definition) is 1. The molecule has 2 aromatic heterocycles. The van der Waals surface area contributed by atoms with Crippen LogP contribution in [0, 0.1) is 0 Å². The van der Waals surface area contributed by atoms with Crippen molar-refractivity contribution in [3.8, 4) is 11.3 Å². The van der Waals surface area contributed by atoms with Gasteiger partial charge >= 0.3 is 0 Å². The fourth-order valence-corrected chi connectivity index (χ4v) is 1.77. The summed E-state index contributed by atoms with van der Waals surface area (Å²) in [5.74, 6) is 0. The first kappa shape index (κ1) is 8.96. The Kier molecular flexibility index (Phi) is 2.09. The van der Waals surface area contributed by atoms with E-state index in [1.807, 2.05) is 6.07 Å². The van der Waals surface area contributed by atoms with Crippen molar-refractivity contribution in [3.63, 3.8) is 0 Å². The van der Waals surface area contributed by atoms with Gasteiger partial charge in [-0.25, -0.2) is 4.98 Å². The van der Waals surface area contributed by atoms with Crippen LogP contribution < -0.4 is 11.3 Å². The van der Waals surface area contributed by atoms with Crippen molar-refractivity contribution in [3.05, 3.63) is 34.1 Å². The van der Waals surface area contributed by atoms with Gasteiger partial charge in [0.1, 0.15) is 0 Å². The molecule has 0 bridgehead atoms. The molecule has 2 rings (SSSR count). The number of nitrogens with zero attached hydrogens (tertiary/aromatic N) is 2. The van der Waals surface area contributed by atoms with Crippen molar-refractivity contribution in [1.82, 2.24) is 9.55 Å². The average Bonchev–Trinajstić information content (AvgIpc) is 2.57. The molecule has 0 aliphatic rings. The van der Waals surface area contributed by atoms with E-state index in [0.29, 0.717) is 16.4 Å². The first-order valence-electron chi connectivity index (χ1n) is 4.05. The number of pyridine rings is 1. The van der Waals surface area contributed by atoms with Crippen LogP contribution in [0.3, 0.4) is 0 Å². The second kappa shape index (κ2) is 3.26. The van der Waals surface area contributed by atoms with Crippen molar-refractivity contribution in [1.29, 1.82) is 0 Å². The number of nitrogens with two attached hydrogens (primary N) is 1. The van der Waals surface area contributed by atoms with Crippen molar-refractivity contribution in [2.75, 3.05) is 5.73 Å². The monoisotopic (exact) mass is 207 g/mol. The third-order valence-electron chi connectivity index (χ3n) is 1.92. The molecule has 0 fully saturated rings. The zero-order chi connectivity index (χ0) is 10.1. The lowest BCUT2D eigenvalue weighted by atomic mass is 10.2. The number of rotatable bonds is 1. The highest BCUT2D eigenvalue weighted by Crippen LogP contribution is 2.19. The Morgan fingerprint density at radius 1 is 1.57 bits per heavy atom. The molecule has 0 aliphatic carbocycles. The van der Waals surface area contributed by atoms with Crippen LogP contribution in [-0.4, -0.2) is 9.55 Å². The predicted octanol–water partition coefficient (Wildman–Crippen LogP) is 1.09. The minimum absolute atomic E-state index is 0.0576. The Hall–Kier alpha value is -1.62. The Bertz CT molecular complexity index is 515. The molecule has 2 N–H and O–H groups in total.